The minimum Gasteiger partial charge on any atom is -0.306 e. The Morgan fingerprint density at radius 2 is 2.10 bits per heavy atom. The summed E-state index contributed by atoms with van der Waals surface area (Å²) in [6, 6.07) is 11.1. The number of amides is 2. The van der Waals surface area contributed by atoms with Crippen LogP contribution in [0.2, 0.25) is 0 Å². The van der Waals surface area contributed by atoms with Crippen LogP contribution in [0.5, 0.6) is 0 Å². The zero-order valence-corrected chi connectivity index (χ0v) is 10.9. The molecule has 0 radical (unpaired) electrons. The maximum atomic E-state index is 12.4. The molecule has 0 saturated heterocycles. The summed E-state index contributed by atoms with van der Waals surface area (Å²) in [5.41, 5.74) is 3.34. The second-order valence-electron chi connectivity index (χ2n) is 4.29. The molecule has 1 aromatic rings. The molecule has 0 bridgehead atoms. The van der Waals surface area contributed by atoms with Gasteiger partial charge in [0.1, 0.15) is 5.71 Å². The molecule has 2 amide bonds. The first-order valence-corrected chi connectivity index (χ1v) is 6.31. The quantitative estimate of drug-likeness (QED) is 0.892. The van der Waals surface area contributed by atoms with Crippen LogP contribution in [0, 0.1) is 11.3 Å². The molecule has 0 saturated carbocycles. The second-order valence-corrected chi connectivity index (χ2v) is 4.29. The first kappa shape index (κ1) is 13.7. The van der Waals surface area contributed by atoms with Crippen molar-refractivity contribution < 1.29 is 9.59 Å². The number of anilines is 1. The van der Waals surface area contributed by atoms with Gasteiger partial charge < -0.3 is 4.90 Å². The summed E-state index contributed by atoms with van der Waals surface area (Å²) in [5, 5.41) is 12.5. The van der Waals surface area contributed by atoms with E-state index < -0.39 is 0 Å². The van der Waals surface area contributed by atoms with E-state index in [1.54, 1.807) is 12.1 Å². The van der Waals surface area contributed by atoms with Crippen molar-refractivity contribution in [2.45, 2.75) is 19.3 Å². The molecular weight excluding hydrogens is 256 g/mol. The number of hydrazone groups is 1. The van der Waals surface area contributed by atoms with Gasteiger partial charge in [0.05, 0.1) is 12.5 Å². The Morgan fingerprint density at radius 3 is 2.70 bits per heavy atom. The van der Waals surface area contributed by atoms with E-state index in [2.05, 4.69) is 10.5 Å². The molecule has 1 aliphatic rings. The van der Waals surface area contributed by atoms with Crippen LogP contribution in [0.15, 0.2) is 35.4 Å². The van der Waals surface area contributed by atoms with Crippen molar-refractivity contribution >= 4 is 23.2 Å². The minimum absolute atomic E-state index is 0.190. The van der Waals surface area contributed by atoms with Crippen molar-refractivity contribution in [1.82, 2.24) is 5.43 Å². The van der Waals surface area contributed by atoms with Crippen molar-refractivity contribution in [1.29, 1.82) is 5.26 Å². The molecule has 0 aromatic heterocycles. The Hall–Kier alpha value is -2.68. The lowest BCUT2D eigenvalue weighted by Gasteiger charge is -2.23. The fourth-order valence-corrected chi connectivity index (χ4v) is 1.90. The Balaban J connectivity index is 2.21. The van der Waals surface area contributed by atoms with Gasteiger partial charge in [-0.3, -0.25) is 9.59 Å². The van der Waals surface area contributed by atoms with E-state index in [0.29, 0.717) is 24.4 Å². The molecule has 0 atom stereocenters. The smallest absolute Gasteiger partial charge is 0.274 e. The average molecular weight is 270 g/mol. The lowest BCUT2D eigenvalue weighted by atomic mass is 10.1. The van der Waals surface area contributed by atoms with Crippen LogP contribution in [-0.2, 0) is 9.59 Å². The fraction of sp³-hybridized carbons (Fsp3) is 0.286. The first-order chi connectivity index (χ1) is 9.72. The van der Waals surface area contributed by atoms with Gasteiger partial charge >= 0.3 is 0 Å². The third kappa shape index (κ3) is 3.20. The fourth-order valence-electron chi connectivity index (χ4n) is 1.90. The van der Waals surface area contributed by atoms with Gasteiger partial charge in [0, 0.05) is 25.1 Å². The normalized spacial score (nSPS) is 13.9. The number of carbonyl (C=O) groups excluding carboxylic acids is 2. The van der Waals surface area contributed by atoms with Crippen molar-refractivity contribution in [3.8, 4) is 6.07 Å². The SMILES string of the molecule is N#CCCN(C(=O)C1=NNC(=O)CC1)c1ccccc1. The van der Waals surface area contributed by atoms with Crippen LogP contribution in [0.3, 0.4) is 0 Å². The first-order valence-electron chi connectivity index (χ1n) is 6.31. The van der Waals surface area contributed by atoms with Gasteiger partial charge in [-0.25, -0.2) is 5.43 Å². The van der Waals surface area contributed by atoms with Crippen LogP contribution < -0.4 is 10.3 Å². The largest absolute Gasteiger partial charge is 0.306 e. The molecule has 20 heavy (non-hydrogen) atoms. The van der Waals surface area contributed by atoms with E-state index in [1.807, 2.05) is 24.3 Å². The molecule has 2 rings (SSSR count). The maximum absolute atomic E-state index is 12.4. The molecular formula is C14H14N4O2. The number of para-hydroxylation sites is 1. The molecule has 6 heteroatoms. The van der Waals surface area contributed by atoms with E-state index in [0.717, 1.165) is 0 Å². The highest BCUT2D eigenvalue weighted by atomic mass is 16.2. The number of benzene rings is 1. The van der Waals surface area contributed by atoms with E-state index in [4.69, 9.17) is 5.26 Å². The third-order valence-corrected chi connectivity index (χ3v) is 2.91. The second kappa shape index (κ2) is 6.48. The Labute approximate surface area is 116 Å². The molecule has 6 nitrogen and oxygen atoms in total. The third-order valence-electron chi connectivity index (χ3n) is 2.91. The highest BCUT2D eigenvalue weighted by Crippen LogP contribution is 2.16. The highest BCUT2D eigenvalue weighted by Gasteiger charge is 2.24. The Morgan fingerprint density at radius 1 is 1.35 bits per heavy atom. The van der Waals surface area contributed by atoms with Crippen molar-refractivity contribution in [2.75, 3.05) is 11.4 Å². The minimum atomic E-state index is -0.272. The number of carbonyl (C=O) groups is 2. The molecule has 1 aromatic carbocycles. The Kier molecular flexibility index (Phi) is 4.45. The van der Waals surface area contributed by atoms with Crippen LogP contribution in [0.1, 0.15) is 19.3 Å². The lowest BCUT2D eigenvalue weighted by Crippen LogP contribution is -2.40. The number of nitrogens with zero attached hydrogens (tertiary/aromatic N) is 3. The standard InChI is InChI=1S/C14H14N4O2/c15-9-4-10-18(11-5-2-1-3-6-11)14(20)12-7-8-13(19)17-16-12/h1-3,5-6H,4,7-8,10H2,(H,17,19). The predicted molar refractivity (Wildman–Crippen MR) is 73.8 cm³/mol. The molecule has 102 valence electrons. The van der Waals surface area contributed by atoms with Crippen LogP contribution in [0.4, 0.5) is 5.69 Å². The predicted octanol–water partition coefficient (Wildman–Crippen LogP) is 1.20. The molecule has 1 N–H and O–H groups in total. The number of hydrogen-bond acceptors (Lipinski definition) is 4. The number of rotatable bonds is 4. The van der Waals surface area contributed by atoms with Gasteiger partial charge in [-0.1, -0.05) is 18.2 Å². The topological polar surface area (TPSA) is 85.6 Å². The molecule has 0 unspecified atom stereocenters. The summed E-state index contributed by atoms with van der Waals surface area (Å²) < 4.78 is 0. The zero-order chi connectivity index (χ0) is 14.4. The van der Waals surface area contributed by atoms with Crippen LogP contribution in [-0.4, -0.2) is 24.1 Å². The number of nitrogens with one attached hydrogen (secondary N) is 1. The van der Waals surface area contributed by atoms with Crippen molar-refractivity contribution in [3.63, 3.8) is 0 Å². The summed E-state index contributed by atoms with van der Waals surface area (Å²) >= 11 is 0. The average Bonchev–Trinajstić information content (AvgIpc) is 2.49. The van der Waals surface area contributed by atoms with E-state index in [-0.39, 0.29) is 24.7 Å². The van der Waals surface area contributed by atoms with Gasteiger partial charge in [-0.05, 0) is 12.1 Å². The van der Waals surface area contributed by atoms with Gasteiger partial charge in [0.2, 0.25) is 5.91 Å². The zero-order valence-electron chi connectivity index (χ0n) is 10.9. The van der Waals surface area contributed by atoms with Gasteiger partial charge in [-0.2, -0.15) is 10.4 Å². The molecule has 0 fully saturated rings. The van der Waals surface area contributed by atoms with E-state index >= 15 is 0 Å². The lowest BCUT2D eigenvalue weighted by molar-refractivity contribution is -0.121. The molecule has 0 aliphatic carbocycles. The monoisotopic (exact) mass is 270 g/mol. The van der Waals surface area contributed by atoms with Gasteiger partial charge in [-0.15, -0.1) is 0 Å². The number of hydrogen-bond donors (Lipinski definition) is 1. The van der Waals surface area contributed by atoms with Gasteiger partial charge in [0.15, 0.2) is 0 Å². The summed E-state index contributed by atoms with van der Waals surface area (Å²) in [4.78, 5) is 25.0. The highest BCUT2D eigenvalue weighted by molar-refractivity contribution is 6.44. The molecule has 0 spiro atoms. The van der Waals surface area contributed by atoms with E-state index in [9.17, 15) is 9.59 Å². The summed E-state index contributed by atoms with van der Waals surface area (Å²) in [7, 11) is 0. The Bertz CT molecular complexity index is 575. The summed E-state index contributed by atoms with van der Waals surface area (Å²) in [6.07, 6.45) is 0.812. The van der Waals surface area contributed by atoms with E-state index in [1.165, 1.54) is 4.90 Å². The van der Waals surface area contributed by atoms with Crippen LogP contribution in [0.25, 0.3) is 0 Å². The molecule has 1 heterocycles. The van der Waals surface area contributed by atoms with Crippen molar-refractivity contribution in [3.05, 3.63) is 30.3 Å². The van der Waals surface area contributed by atoms with Crippen molar-refractivity contribution in [2.24, 2.45) is 5.10 Å². The van der Waals surface area contributed by atoms with Gasteiger partial charge in [0.25, 0.3) is 5.91 Å². The maximum Gasteiger partial charge on any atom is 0.274 e. The number of nitriles is 1. The molecule has 1 aliphatic heterocycles. The summed E-state index contributed by atoms with van der Waals surface area (Å²) in [5.74, 6) is -0.462. The summed E-state index contributed by atoms with van der Waals surface area (Å²) in [6.45, 7) is 0.298. The van der Waals surface area contributed by atoms with Crippen LogP contribution >= 0.6 is 0 Å².